The molecule has 4 rings (SSSR count). The van der Waals surface area contributed by atoms with Gasteiger partial charge in [-0.1, -0.05) is 6.07 Å². The minimum Gasteiger partial charge on any atom is -0.368 e. The molecule has 0 N–H and O–H groups in total. The third-order valence-corrected chi connectivity index (χ3v) is 4.57. The van der Waals surface area contributed by atoms with E-state index in [2.05, 4.69) is 15.0 Å². The number of halogens is 1. The molecule has 0 saturated carbocycles. The van der Waals surface area contributed by atoms with Gasteiger partial charge in [0.1, 0.15) is 11.4 Å². The molecule has 25 heavy (non-hydrogen) atoms. The van der Waals surface area contributed by atoms with Crippen LogP contribution in [0.25, 0.3) is 5.65 Å². The summed E-state index contributed by atoms with van der Waals surface area (Å²) in [5.74, 6) is -0.318. The zero-order valence-electron chi connectivity index (χ0n) is 13.8. The fourth-order valence-corrected chi connectivity index (χ4v) is 3.30. The lowest BCUT2D eigenvalue weighted by molar-refractivity contribution is 0.0676. The lowest BCUT2D eigenvalue weighted by Gasteiger charge is -2.40. The molecule has 7 heteroatoms. The van der Waals surface area contributed by atoms with Gasteiger partial charge in [-0.25, -0.2) is 13.9 Å². The number of carbonyl (C=O) groups is 1. The van der Waals surface area contributed by atoms with Gasteiger partial charge in [0.2, 0.25) is 0 Å². The Labute approximate surface area is 144 Å². The summed E-state index contributed by atoms with van der Waals surface area (Å²) >= 11 is 0. The van der Waals surface area contributed by atoms with Crippen molar-refractivity contribution in [1.82, 2.24) is 19.5 Å². The number of hydrogen-bond acceptors (Lipinski definition) is 4. The summed E-state index contributed by atoms with van der Waals surface area (Å²) < 4.78 is 15.0. The molecule has 1 fully saturated rings. The highest BCUT2D eigenvalue weighted by atomic mass is 19.1. The first kappa shape index (κ1) is 15.6. The topological polar surface area (TPSA) is 53.7 Å². The maximum atomic E-state index is 13.5. The van der Waals surface area contributed by atoms with E-state index in [-0.39, 0.29) is 17.8 Å². The van der Waals surface area contributed by atoms with Crippen LogP contribution >= 0.6 is 0 Å². The molecule has 1 saturated heterocycles. The molecule has 0 spiro atoms. The Bertz CT molecular complexity index is 924. The molecular formula is C18H18FN5O. The predicted molar refractivity (Wildman–Crippen MR) is 92.1 cm³/mol. The summed E-state index contributed by atoms with van der Waals surface area (Å²) in [6, 6.07) is 8.34. The van der Waals surface area contributed by atoms with Crippen LogP contribution in [0.4, 0.5) is 10.1 Å². The van der Waals surface area contributed by atoms with E-state index < -0.39 is 0 Å². The average Bonchev–Trinajstić information content (AvgIpc) is 3.05. The summed E-state index contributed by atoms with van der Waals surface area (Å²) in [5.41, 5.74) is 1.91. The Balaban J connectivity index is 1.54. The summed E-state index contributed by atoms with van der Waals surface area (Å²) in [5, 5.41) is 4.19. The minimum atomic E-state index is -0.249. The van der Waals surface area contributed by atoms with Crippen molar-refractivity contribution >= 4 is 17.2 Å². The SMILES string of the molecule is CC1CN(c2cccc(F)c2)CCN1C(=O)c1cnn2cccnc12. The number of fused-ring (bicyclic) bond motifs is 1. The highest BCUT2D eigenvalue weighted by Crippen LogP contribution is 2.22. The van der Waals surface area contributed by atoms with Gasteiger partial charge < -0.3 is 9.80 Å². The van der Waals surface area contributed by atoms with Crippen LogP contribution in [0, 0.1) is 5.82 Å². The first-order chi connectivity index (χ1) is 12.1. The molecule has 1 aliphatic rings. The molecule has 1 aromatic carbocycles. The van der Waals surface area contributed by atoms with Crippen molar-refractivity contribution in [3.05, 3.63) is 60.3 Å². The fraction of sp³-hybridized carbons (Fsp3) is 0.278. The molecule has 3 aromatic rings. The minimum absolute atomic E-state index is 0.00294. The van der Waals surface area contributed by atoms with Gasteiger partial charge in [0, 0.05) is 43.8 Å². The van der Waals surface area contributed by atoms with Crippen molar-refractivity contribution < 1.29 is 9.18 Å². The van der Waals surface area contributed by atoms with E-state index in [0.29, 0.717) is 30.8 Å². The standard InChI is InChI=1S/C18H18FN5O/c1-13-12-22(15-5-2-4-14(19)10-15)8-9-23(13)18(25)16-11-21-24-7-3-6-20-17(16)24/h2-7,10-11,13H,8-9,12H2,1H3. The Hall–Kier alpha value is -2.96. The first-order valence-corrected chi connectivity index (χ1v) is 8.23. The number of amides is 1. The Morgan fingerprint density at radius 3 is 2.96 bits per heavy atom. The predicted octanol–water partition coefficient (Wildman–Crippen LogP) is 2.22. The number of aromatic nitrogens is 3. The van der Waals surface area contributed by atoms with E-state index in [4.69, 9.17) is 0 Å². The van der Waals surface area contributed by atoms with Gasteiger partial charge >= 0.3 is 0 Å². The molecular weight excluding hydrogens is 321 g/mol. The van der Waals surface area contributed by atoms with Gasteiger partial charge in [-0.3, -0.25) is 4.79 Å². The van der Waals surface area contributed by atoms with E-state index in [0.717, 1.165) is 5.69 Å². The zero-order valence-corrected chi connectivity index (χ0v) is 13.8. The van der Waals surface area contributed by atoms with Gasteiger partial charge in [0.15, 0.2) is 5.65 Å². The summed E-state index contributed by atoms with van der Waals surface area (Å²) in [7, 11) is 0. The summed E-state index contributed by atoms with van der Waals surface area (Å²) in [6.07, 6.45) is 4.99. The highest BCUT2D eigenvalue weighted by Gasteiger charge is 2.30. The Kier molecular flexibility index (Phi) is 3.83. The van der Waals surface area contributed by atoms with Gasteiger partial charge in [-0.2, -0.15) is 5.10 Å². The van der Waals surface area contributed by atoms with Crippen LogP contribution in [-0.4, -0.2) is 51.1 Å². The molecule has 1 amide bonds. The number of carbonyl (C=O) groups excluding carboxylic acids is 1. The molecule has 1 unspecified atom stereocenters. The fourth-order valence-electron chi connectivity index (χ4n) is 3.30. The molecule has 0 aliphatic carbocycles. The molecule has 1 atom stereocenters. The second kappa shape index (κ2) is 6.16. The van der Waals surface area contributed by atoms with Crippen LogP contribution < -0.4 is 4.90 Å². The number of rotatable bonds is 2. The van der Waals surface area contributed by atoms with Crippen molar-refractivity contribution in [2.24, 2.45) is 0 Å². The number of anilines is 1. The Morgan fingerprint density at radius 1 is 1.28 bits per heavy atom. The lowest BCUT2D eigenvalue weighted by Crippen LogP contribution is -2.54. The van der Waals surface area contributed by atoms with E-state index in [1.165, 1.54) is 12.1 Å². The van der Waals surface area contributed by atoms with E-state index in [1.54, 1.807) is 35.2 Å². The number of nitrogens with zero attached hydrogens (tertiary/aromatic N) is 5. The number of benzene rings is 1. The number of piperazine rings is 1. The van der Waals surface area contributed by atoms with Crippen LogP contribution in [0.5, 0.6) is 0 Å². The van der Waals surface area contributed by atoms with Crippen LogP contribution in [0.15, 0.2) is 48.9 Å². The first-order valence-electron chi connectivity index (χ1n) is 8.23. The van der Waals surface area contributed by atoms with Crippen LogP contribution in [0.3, 0.4) is 0 Å². The lowest BCUT2D eigenvalue weighted by atomic mass is 10.1. The third-order valence-electron chi connectivity index (χ3n) is 4.57. The third kappa shape index (κ3) is 2.82. The molecule has 2 aromatic heterocycles. The Morgan fingerprint density at radius 2 is 2.16 bits per heavy atom. The van der Waals surface area contributed by atoms with Crippen molar-refractivity contribution in [3.63, 3.8) is 0 Å². The van der Waals surface area contributed by atoms with E-state index in [1.807, 2.05) is 17.9 Å². The quantitative estimate of drug-likeness (QED) is 0.718. The van der Waals surface area contributed by atoms with Crippen LogP contribution in [0.1, 0.15) is 17.3 Å². The van der Waals surface area contributed by atoms with E-state index in [9.17, 15) is 9.18 Å². The maximum absolute atomic E-state index is 13.5. The van der Waals surface area contributed by atoms with E-state index >= 15 is 0 Å². The molecule has 1 aliphatic heterocycles. The second-order valence-corrected chi connectivity index (χ2v) is 6.22. The molecule has 0 radical (unpaired) electrons. The van der Waals surface area contributed by atoms with Gasteiger partial charge in [-0.05, 0) is 31.2 Å². The van der Waals surface area contributed by atoms with Gasteiger partial charge in [0.05, 0.1) is 6.20 Å². The summed E-state index contributed by atoms with van der Waals surface area (Å²) in [4.78, 5) is 21.1. The summed E-state index contributed by atoms with van der Waals surface area (Å²) in [6.45, 7) is 3.89. The van der Waals surface area contributed by atoms with Crippen LogP contribution in [0.2, 0.25) is 0 Å². The molecule has 3 heterocycles. The molecule has 6 nitrogen and oxygen atoms in total. The average molecular weight is 339 g/mol. The molecule has 0 bridgehead atoms. The molecule has 128 valence electrons. The van der Waals surface area contributed by atoms with Crippen molar-refractivity contribution in [1.29, 1.82) is 0 Å². The number of hydrogen-bond donors (Lipinski definition) is 0. The smallest absolute Gasteiger partial charge is 0.259 e. The van der Waals surface area contributed by atoms with Crippen molar-refractivity contribution in [3.8, 4) is 0 Å². The second-order valence-electron chi connectivity index (χ2n) is 6.22. The largest absolute Gasteiger partial charge is 0.368 e. The highest BCUT2D eigenvalue weighted by molar-refractivity contribution is 5.99. The van der Waals surface area contributed by atoms with Crippen LogP contribution in [-0.2, 0) is 0 Å². The van der Waals surface area contributed by atoms with Gasteiger partial charge in [0.25, 0.3) is 5.91 Å². The van der Waals surface area contributed by atoms with Crippen molar-refractivity contribution in [2.45, 2.75) is 13.0 Å². The van der Waals surface area contributed by atoms with Crippen molar-refractivity contribution in [2.75, 3.05) is 24.5 Å². The maximum Gasteiger partial charge on any atom is 0.259 e. The zero-order chi connectivity index (χ0) is 17.4. The van der Waals surface area contributed by atoms with Gasteiger partial charge in [-0.15, -0.1) is 0 Å². The monoisotopic (exact) mass is 339 g/mol. The normalized spacial score (nSPS) is 17.9.